The van der Waals surface area contributed by atoms with Crippen molar-refractivity contribution in [2.45, 2.75) is 18.7 Å². The molecule has 2 N–H and O–H groups in total. The molecule has 4 nitrogen and oxygen atoms in total. The van der Waals surface area contributed by atoms with E-state index in [0.29, 0.717) is 35.3 Å². The smallest absolute Gasteiger partial charge is 0.0931 e. The van der Waals surface area contributed by atoms with Crippen LogP contribution in [-0.4, -0.2) is 48.0 Å². The second kappa shape index (κ2) is 10.1. The lowest BCUT2D eigenvalue weighted by molar-refractivity contribution is 0.0183. The minimum Gasteiger partial charge on any atom is -0.395 e. The van der Waals surface area contributed by atoms with Gasteiger partial charge in [-0.2, -0.15) is 0 Å². The van der Waals surface area contributed by atoms with Crippen molar-refractivity contribution in [2.75, 3.05) is 26.9 Å². The fourth-order valence-corrected chi connectivity index (χ4v) is 3.25. The number of benzene rings is 2. The summed E-state index contributed by atoms with van der Waals surface area (Å²) in [5.41, 5.74) is 1.70. The molecule has 0 saturated carbocycles. The van der Waals surface area contributed by atoms with E-state index in [1.807, 2.05) is 35.2 Å². The molecule has 136 valence electrons. The topological polar surface area (TPSA) is 52.9 Å². The van der Waals surface area contributed by atoms with E-state index in [1.54, 1.807) is 25.3 Å². The van der Waals surface area contributed by atoms with Gasteiger partial charge in [-0.3, -0.25) is 4.90 Å². The number of hydrogen-bond acceptors (Lipinski definition) is 4. The maximum atomic E-state index is 10.7. The van der Waals surface area contributed by atoms with Crippen molar-refractivity contribution >= 4 is 23.2 Å². The molecule has 2 aromatic carbocycles. The Kier molecular flexibility index (Phi) is 8.16. The van der Waals surface area contributed by atoms with Gasteiger partial charge in [-0.05, 0) is 17.7 Å². The summed E-state index contributed by atoms with van der Waals surface area (Å²) in [5.74, 6) is 0. The average Bonchev–Trinajstić information content (AvgIpc) is 2.60. The van der Waals surface area contributed by atoms with Gasteiger partial charge in [-0.1, -0.05) is 59.6 Å². The first-order valence-electron chi connectivity index (χ1n) is 8.06. The molecule has 2 unspecified atom stereocenters. The largest absolute Gasteiger partial charge is 0.395 e. The summed E-state index contributed by atoms with van der Waals surface area (Å²) in [4.78, 5) is 1.99. The Hall–Kier alpha value is -1.14. The first-order valence-corrected chi connectivity index (χ1v) is 8.81. The molecule has 0 radical (unpaired) electrons. The summed E-state index contributed by atoms with van der Waals surface area (Å²) >= 11 is 12.1. The van der Waals surface area contributed by atoms with Gasteiger partial charge in [0, 0.05) is 35.8 Å². The standard InChI is InChI=1S/C19H23Cl2NO3/c1-25-13-16(12-23)22(10-14-5-3-2-4-6-14)11-19(24)17-8-7-15(20)9-18(17)21/h2-9,16,19,23-24H,10-13H2,1H3. The summed E-state index contributed by atoms with van der Waals surface area (Å²) in [6.45, 7) is 1.19. The number of halogens is 2. The average molecular weight is 384 g/mol. The van der Waals surface area contributed by atoms with Gasteiger partial charge in [0.2, 0.25) is 0 Å². The van der Waals surface area contributed by atoms with E-state index in [9.17, 15) is 10.2 Å². The molecule has 6 heteroatoms. The van der Waals surface area contributed by atoms with Crippen LogP contribution in [0.5, 0.6) is 0 Å². The van der Waals surface area contributed by atoms with Gasteiger partial charge < -0.3 is 14.9 Å². The van der Waals surface area contributed by atoms with Crippen LogP contribution in [0.4, 0.5) is 0 Å². The van der Waals surface area contributed by atoms with Crippen LogP contribution in [0.15, 0.2) is 48.5 Å². The molecule has 2 atom stereocenters. The highest BCUT2D eigenvalue weighted by molar-refractivity contribution is 6.35. The van der Waals surface area contributed by atoms with E-state index in [2.05, 4.69) is 0 Å². The minimum atomic E-state index is -0.806. The zero-order chi connectivity index (χ0) is 18.2. The van der Waals surface area contributed by atoms with E-state index in [-0.39, 0.29) is 12.6 Å². The molecule has 2 aromatic rings. The van der Waals surface area contributed by atoms with Gasteiger partial charge in [0.25, 0.3) is 0 Å². The molecule has 0 spiro atoms. The van der Waals surface area contributed by atoms with Crippen molar-refractivity contribution < 1.29 is 14.9 Å². The Bertz CT molecular complexity index is 654. The SMILES string of the molecule is COCC(CO)N(Cc1ccccc1)CC(O)c1ccc(Cl)cc1Cl. The zero-order valence-corrected chi connectivity index (χ0v) is 15.6. The Morgan fingerprint density at radius 3 is 2.44 bits per heavy atom. The summed E-state index contributed by atoms with van der Waals surface area (Å²) in [6.07, 6.45) is -0.806. The quantitative estimate of drug-likeness (QED) is 0.695. The third kappa shape index (κ3) is 5.96. The van der Waals surface area contributed by atoms with E-state index in [4.69, 9.17) is 27.9 Å². The van der Waals surface area contributed by atoms with E-state index in [1.165, 1.54) is 0 Å². The highest BCUT2D eigenvalue weighted by Crippen LogP contribution is 2.27. The molecule has 0 amide bonds. The van der Waals surface area contributed by atoms with Gasteiger partial charge in [0.1, 0.15) is 0 Å². The van der Waals surface area contributed by atoms with Crippen molar-refractivity contribution in [3.8, 4) is 0 Å². The Balaban J connectivity index is 2.18. The number of ether oxygens (including phenoxy) is 1. The fraction of sp³-hybridized carbons (Fsp3) is 0.368. The molecular formula is C19H23Cl2NO3. The predicted molar refractivity (Wildman–Crippen MR) is 101 cm³/mol. The maximum absolute atomic E-state index is 10.7. The molecule has 2 rings (SSSR count). The first kappa shape index (κ1) is 20.2. The van der Waals surface area contributed by atoms with Crippen LogP contribution < -0.4 is 0 Å². The molecule has 0 saturated heterocycles. The predicted octanol–water partition coefficient (Wildman–Crippen LogP) is 3.54. The van der Waals surface area contributed by atoms with Crippen LogP contribution in [0.3, 0.4) is 0 Å². The second-order valence-electron chi connectivity index (χ2n) is 5.89. The number of aliphatic hydroxyl groups excluding tert-OH is 2. The highest BCUT2D eigenvalue weighted by Gasteiger charge is 2.23. The second-order valence-corrected chi connectivity index (χ2v) is 6.73. The van der Waals surface area contributed by atoms with Gasteiger partial charge in [0.15, 0.2) is 0 Å². The number of aliphatic hydroxyl groups is 2. The molecular weight excluding hydrogens is 361 g/mol. The molecule has 0 bridgehead atoms. The van der Waals surface area contributed by atoms with Crippen LogP contribution in [0, 0.1) is 0 Å². The van der Waals surface area contributed by atoms with Crippen molar-refractivity contribution in [2.24, 2.45) is 0 Å². The van der Waals surface area contributed by atoms with Crippen LogP contribution >= 0.6 is 23.2 Å². The lowest BCUT2D eigenvalue weighted by Gasteiger charge is -2.32. The normalized spacial score (nSPS) is 13.8. The molecule has 25 heavy (non-hydrogen) atoms. The monoisotopic (exact) mass is 383 g/mol. The van der Waals surface area contributed by atoms with Gasteiger partial charge in [-0.25, -0.2) is 0 Å². The van der Waals surface area contributed by atoms with E-state index < -0.39 is 6.10 Å². The van der Waals surface area contributed by atoms with Crippen molar-refractivity contribution in [3.05, 3.63) is 69.7 Å². The Morgan fingerprint density at radius 1 is 1.12 bits per heavy atom. The first-order chi connectivity index (χ1) is 12.0. The number of hydrogen-bond donors (Lipinski definition) is 2. The van der Waals surface area contributed by atoms with Crippen LogP contribution in [0.2, 0.25) is 10.0 Å². The van der Waals surface area contributed by atoms with Crippen molar-refractivity contribution in [1.82, 2.24) is 4.90 Å². The number of rotatable bonds is 9. The summed E-state index contributed by atoms with van der Waals surface area (Å²) in [6, 6.07) is 14.7. The Labute approximate surface area is 158 Å². The van der Waals surface area contributed by atoms with Crippen LogP contribution in [-0.2, 0) is 11.3 Å². The van der Waals surface area contributed by atoms with E-state index in [0.717, 1.165) is 5.56 Å². The van der Waals surface area contributed by atoms with Gasteiger partial charge in [0.05, 0.1) is 25.4 Å². The Morgan fingerprint density at radius 2 is 1.84 bits per heavy atom. The lowest BCUT2D eigenvalue weighted by Crippen LogP contribution is -2.43. The van der Waals surface area contributed by atoms with Gasteiger partial charge >= 0.3 is 0 Å². The van der Waals surface area contributed by atoms with Crippen molar-refractivity contribution in [3.63, 3.8) is 0 Å². The summed E-state index contributed by atoms with van der Waals surface area (Å²) in [7, 11) is 1.59. The van der Waals surface area contributed by atoms with Crippen molar-refractivity contribution in [1.29, 1.82) is 0 Å². The highest BCUT2D eigenvalue weighted by atomic mass is 35.5. The minimum absolute atomic E-state index is 0.0677. The zero-order valence-electron chi connectivity index (χ0n) is 14.1. The van der Waals surface area contributed by atoms with Crippen LogP contribution in [0.1, 0.15) is 17.2 Å². The van der Waals surface area contributed by atoms with Crippen LogP contribution in [0.25, 0.3) is 0 Å². The molecule has 0 fully saturated rings. The molecule has 0 aliphatic heterocycles. The maximum Gasteiger partial charge on any atom is 0.0931 e. The summed E-state index contributed by atoms with van der Waals surface area (Å²) in [5, 5.41) is 21.3. The number of methoxy groups -OCH3 is 1. The third-order valence-corrected chi connectivity index (χ3v) is 4.61. The lowest BCUT2D eigenvalue weighted by atomic mass is 10.1. The third-order valence-electron chi connectivity index (χ3n) is 4.04. The molecule has 0 aromatic heterocycles. The van der Waals surface area contributed by atoms with Gasteiger partial charge in [-0.15, -0.1) is 0 Å². The summed E-state index contributed by atoms with van der Waals surface area (Å²) < 4.78 is 5.21. The molecule has 0 aliphatic rings. The fourth-order valence-electron chi connectivity index (χ4n) is 2.72. The molecule has 0 aliphatic carbocycles. The van der Waals surface area contributed by atoms with E-state index >= 15 is 0 Å². The molecule has 0 heterocycles. The number of nitrogens with zero attached hydrogens (tertiary/aromatic N) is 1.